The molecule has 140 valence electrons. The van der Waals surface area contributed by atoms with Crippen LogP contribution in [0.25, 0.3) is 0 Å². The van der Waals surface area contributed by atoms with Crippen LogP contribution >= 0.6 is 15.9 Å². The number of pyridine rings is 1. The Labute approximate surface area is 164 Å². The van der Waals surface area contributed by atoms with E-state index in [0.717, 1.165) is 19.4 Å². The van der Waals surface area contributed by atoms with Crippen molar-refractivity contribution in [1.82, 2.24) is 19.9 Å². The lowest BCUT2D eigenvalue weighted by atomic mass is 10.2. The number of nitrogens with zero attached hydrogens (tertiary/aromatic N) is 3. The van der Waals surface area contributed by atoms with Crippen LogP contribution in [0.1, 0.15) is 23.2 Å². The maximum Gasteiger partial charge on any atom is 0.252 e. The summed E-state index contributed by atoms with van der Waals surface area (Å²) in [6.45, 7) is 1.47. The third-order valence-corrected chi connectivity index (χ3v) is 4.41. The molecule has 0 aliphatic rings. The van der Waals surface area contributed by atoms with E-state index in [4.69, 9.17) is 4.74 Å². The van der Waals surface area contributed by atoms with Crippen molar-refractivity contribution in [3.63, 3.8) is 0 Å². The molecule has 1 aromatic carbocycles. The molecule has 27 heavy (non-hydrogen) atoms. The lowest BCUT2D eigenvalue weighted by molar-refractivity contribution is 0.0952. The van der Waals surface area contributed by atoms with Gasteiger partial charge in [0.2, 0.25) is 5.88 Å². The summed E-state index contributed by atoms with van der Waals surface area (Å²) in [6, 6.07) is 7.36. The minimum atomic E-state index is -0.362. The molecule has 1 amide bonds. The number of rotatable bonds is 8. The van der Waals surface area contributed by atoms with Crippen molar-refractivity contribution in [2.75, 3.05) is 6.54 Å². The molecule has 0 unspecified atom stereocenters. The van der Waals surface area contributed by atoms with Gasteiger partial charge in [-0.25, -0.2) is 14.4 Å². The van der Waals surface area contributed by atoms with Gasteiger partial charge in [0.15, 0.2) is 0 Å². The van der Waals surface area contributed by atoms with Crippen molar-refractivity contribution >= 4 is 21.8 Å². The van der Waals surface area contributed by atoms with Crippen LogP contribution in [0, 0.1) is 5.82 Å². The molecule has 0 spiro atoms. The molecule has 3 aromatic rings. The van der Waals surface area contributed by atoms with Crippen LogP contribution in [-0.4, -0.2) is 27.0 Å². The third-order valence-electron chi connectivity index (χ3n) is 3.79. The van der Waals surface area contributed by atoms with Gasteiger partial charge in [0.05, 0.1) is 16.4 Å². The van der Waals surface area contributed by atoms with E-state index in [1.165, 1.54) is 24.4 Å². The molecule has 0 atom stereocenters. The summed E-state index contributed by atoms with van der Waals surface area (Å²) in [5, 5.41) is 2.87. The van der Waals surface area contributed by atoms with Crippen LogP contribution in [0.3, 0.4) is 0 Å². The molecule has 2 aromatic heterocycles. The van der Waals surface area contributed by atoms with Crippen LogP contribution < -0.4 is 10.1 Å². The monoisotopic (exact) mass is 432 g/mol. The quantitative estimate of drug-likeness (QED) is 0.542. The van der Waals surface area contributed by atoms with Gasteiger partial charge >= 0.3 is 0 Å². The molecular weight excluding hydrogens is 415 g/mol. The van der Waals surface area contributed by atoms with Crippen molar-refractivity contribution in [3.05, 3.63) is 71.1 Å². The molecule has 0 radical (unpaired) electrons. The Kier molecular flexibility index (Phi) is 6.54. The number of halogens is 2. The first-order valence-electron chi connectivity index (χ1n) is 8.45. The minimum Gasteiger partial charge on any atom is -0.438 e. The van der Waals surface area contributed by atoms with Crippen molar-refractivity contribution in [2.45, 2.75) is 19.4 Å². The van der Waals surface area contributed by atoms with Crippen LogP contribution in [0.4, 0.5) is 4.39 Å². The zero-order valence-corrected chi connectivity index (χ0v) is 16.0. The van der Waals surface area contributed by atoms with Gasteiger partial charge in [-0.05, 0) is 53.0 Å². The van der Waals surface area contributed by atoms with Crippen molar-refractivity contribution < 1.29 is 13.9 Å². The van der Waals surface area contributed by atoms with Crippen LogP contribution in [-0.2, 0) is 6.54 Å². The molecule has 6 nitrogen and oxygen atoms in total. The summed E-state index contributed by atoms with van der Waals surface area (Å²) in [4.78, 5) is 20.3. The number of ether oxygens (including phenoxy) is 1. The van der Waals surface area contributed by atoms with Crippen molar-refractivity contribution in [1.29, 1.82) is 0 Å². The summed E-state index contributed by atoms with van der Waals surface area (Å²) in [7, 11) is 0. The number of benzene rings is 1. The first-order chi connectivity index (χ1) is 13.1. The van der Waals surface area contributed by atoms with Gasteiger partial charge in [-0.15, -0.1) is 0 Å². The van der Waals surface area contributed by atoms with Crippen molar-refractivity contribution in [3.8, 4) is 11.6 Å². The largest absolute Gasteiger partial charge is 0.438 e. The second-order valence-electron chi connectivity index (χ2n) is 5.83. The van der Waals surface area contributed by atoms with E-state index >= 15 is 0 Å². The fourth-order valence-electron chi connectivity index (χ4n) is 2.39. The third kappa shape index (κ3) is 5.62. The Morgan fingerprint density at radius 2 is 2.15 bits per heavy atom. The van der Waals surface area contributed by atoms with Gasteiger partial charge < -0.3 is 14.6 Å². The Hall–Kier alpha value is -2.74. The highest BCUT2D eigenvalue weighted by Crippen LogP contribution is 2.29. The normalized spacial score (nSPS) is 10.6. The Morgan fingerprint density at radius 3 is 2.85 bits per heavy atom. The van der Waals surface area contributed by atoms with Gasteiger partial charge in [-0.3, -0.25) is 4.79 Å². The van der Waals surface area contributed by atoms with E-state index in [-0.39, 0.29) is 11.7 Å². The van der Waals surface area contributed by atoms with Gasteiger partial charge in [0, 0.05) is 37.7 Å². The fraction of sp³-hybridized carbons (Fsp3) is 0.211. The number of carbonyl (C=O) groups excluding carboxylic acids is 1. The van der Waals surface area contributed by atoms with Gasteiger partial charge in [0.25, 0.3) is 5.91 Å². The molecule has 8 heteroatoms. The zero-order valence-electron chi connectivity index (χ0n) is 14.4. The highest BCUT2D eigenvalue weighted by atomic mass is 79.9. The minimum absolute atomic E-state index is 0.181. The van der Waals surface area contributed by atoms with Gasteiger partial charge in [0.1, 0.15) is 11.6 Å². The maximum atomic E-state index is 13.1. The topological polar surface area (TPSA) is 69.0 Å². The number of aryl methyl sites for hydroxylation is 1. The van der Waals surface area contributed by atoms with Crippen molar-refractivity contribution in [2.24, 2.45) is 0 Å². The first-order valence-corrected chi connectivity index (χ1v) is 9.24. The van der Waals surface area contributed by atoms with E-state index in [0.29, 0.717) is 28.2 Å². The van der Waals surface area contributed by atoms with Gasteiger partial charge in [-0.1, -0.05) is 0 Å². The predicted molar refractivity (Wildman–Crippen MR) is 102 cm³/mol. The number of nitrogens with one attached hydrogen (secondary N) is 1. The number of imidazole rings is 1. The smallest absolute Gasteiger partial charge is 0.252 e. The van der Waals surface area contributed by atoms with Gasteiger partial charge in [-0.2, -0.15) is 0 Å². The first kappa shape index (κ1) is 19.0. The molecule has 1 N–H and O–H groups in total. The number of aromatic nitrogens is 3. The predicted octanol–water partition coefficient (Wildman–Crippen LogP) is 4.18. The number of hydrogen-bond donors (Lipinski definition) is 1. The summed E-state index contributed by atoms with van der Waals surface area (Å²) >= 11 is 3.23. The summed E-state index contributed by atoms with van der Waals surface area (Å²) < 4.78 is 21.2. The fourth-order valence-corrected chi connectivity index (χ4v) is 2.82. The molecule has 0 aliphatic carbocycles. The molecule has 0 saturated carbocycles. The average Bonchev–Trinajstić information content (AvgIpc) is 3.18. The molecule has 0 bridgehead atoms. The number of unbranched alkanes of at least 4 members (excludes halogenated alkanes) is 1. The van der Waals surface area contributed by atoms with Crippen LogP contribution in [0.2, 0.25) is 0 Å². The van der Waals surface area contributed by atoms with Crippen LogP contribution in [0.15, 0.2) is 59.7 Å². The van der Waals surface area contributed by atoms with E-state index in [9.17, 15) is 9.18 Å². The van der Waals surface area contributed by atoms with E-state index in [2.05, 4.69) is 31.2 Å². The number of amides is 1. The summed E-state index contributed by atoms with van der Waals surface area (Å²) in [6.07, 6.45) is 8.71. The molecule has 0 aliphatic heterocycles. The zero-order chi connectivity index (χ0) is 19.1. The van der Waals surface area contributed by atoms with E-state index < -0.39 is 0 Å². The molecule has 2 heterocycles. The number of hydrogen-bond acceptors (Lipinski definition) is 4. The lowest BCUT2D eigenvalue weighted by Gasteiger charge is -2.08. The molecule has 0 fully saturated rings. The van der Waals surface area contributed by atoms with E-state index in [1.54, 1.807) is 24.7 Å². The lowest BCUT2D eigenvalue weighted by Crippen LogP contribution is -2.24. The summed E-state index contributed by atoms with van der Waals surface area (Å²) in [5.74, 6) is 0.219. The highest BCUT2D eigenvalue weighted by Gasteiger charge is 2.08. The molecule has 3 rings (SSSR count). The molecular formula is C19H18BrFN4O2. The summed E-state index contributed by atoms with van der Waals surface area (Å²) in [5.41, 5.74) is 0.454. The Balaban J connectivity index is 1.45. The SMILES string of the molecule is O=C(NCCCCn1ccnc1)c1ccc(Oc2ccc(F)cc2Br)nc1. The maximum absolute atomic E-state index is 13.1. The van der Waals surface area contributed by atoms with Crippen LogP contribution in [0.5, 0.6) is 11.6 Å². The Bertz CT molecular complexity index is 885. The average molecular weight is 433 g/mol. The Morgan fingerprint density at radius 1 is 1.26 bits per heavy atom. The standard InChI is InChI=1S/C19H18BrFN4O2/c20-16-11-15(21)4-5-17(16)27-18-6-3-14(12-24-18)19(26)23-7-1-2-9-25-10-8-22-13-25/h3-6,8,10-13H,1-2,7,9H2,(H,23,26). The highest BCUT2D eigenvalue weighted by molar-refractivity contribution is 9.10. The number of carbonyl (C=O) groups is 1. The van der Waals surface area contributed by atoms with E-state index in [1.807, 2.05) is 10.8 Å². The molecule has 0 saturated heterocycles. The second kappa shape index (κ2) is 9.27. The second-order valence-corrected chi connectivity index (χ2v) is 6.68.